The number of rotatable bonds is 5. The zero-order chi connectivity index (χ0) is 16.0. The quantitative estimate of drug-likeness (QED) is 0.626. The maximum atomic E-state index is 12.4. The van der Waals surface area contributed by atoms with Crippen molar-refractivity contribution in [2.75, 3.05) is 13.2 Å². The van der Waals surface area contributed by atoms with Gasteiger partial charge in [-0.15, -0.1) is 0 Å². The van der Waals surface area contributed by atoms with Crippen LogP contribution in [0.1, 0.15) is 60.3 Å². The summed E-state index contributed by atoms with van der Waals surface area (Å²) in [5, 5.41) is 2.99. The Bertz CT molecular complexity index is 360. The molecule has 0 aromatic rings. The van der Waals surface area contributed by atoms with E-state index in [1.54, 1.807) is 6.92 Å². The van der Waals surface area contributed by atoms with E-state index in [9.17, 15) is 9.59 Å². The summed E-state index contributed by atoms with van der Waals surface area (Å²) >= 11 is 0. The third-order valence-electron chi connectivity index (χ3n) is 4.48. The van der Waals surface area contributed by atoms with E-state index < -0.39 is 17.3 Å². The van der Waals surface area contributed by atoms with Crippen molar-refractivity contribution >= 4 is 11.9 Å². The fourth-order valence-corrected chi connectivity index (χ4v) is 3.11. The lowest BCUT2D eigenvalue weighted by molar-refractivity contribution is -0.156. The molecule has 4 heteroatoms. The normalized spacial score (nSPS) is 24.2. The van der Waals surface area contributed by atoms with Crippen molar-refractivity contribution in [3.05, 3.63) is 0 Å². The minimum absolute atomic E-state index is 0.196. The first-order valence-corrected chi connectivity index (χ1v) is 8.21. The highest BCUT2D eigenvalue weighted by Gasteiger charge is 2.39. The number of nitrogens with one attached hydrogen (secondary N) is 1. The van der Waals surface area contributed by atoms with Crippen molar-refractivity contribution in [2.24, 2.45) is 23.2 Å². The number of carbonyl (C=O) groups is 2. The Kier molecular flexibility index (Phi) is 6.69. The first-order valence-electron chi connectivity index (χ1n) is 8.21. The summed E-state index contributed by atoms with van der Waals surface area (Å²) in [5.41, 5.74) is -0.436. The lowest BCUT2D eigenvalue weighted by Gasteiger charge is -2.31. The predicted molar refractivity (Wildman–Crippen MR) is 83.7 cm³/mol. The van der Waals surface area contributed by atoms with Crippen LogP contribution in [-0.2, 0) is 14.3 Å². The first-order chi connectivity index (χ1) is 9.77. The molecule has 0 aliphatic heterocycles. The van der Waals surface area contributed by atoms with Gasteiger partial charge in [0.1, 0.15) is 5.92 Å². The van der Waals surface area contributed by atoms with Crippen LogP contribution in [0.2, 0.25) is 0 Å². The van der Waals surface area contributed by atoms with Gasteiger partial charge in [-0.2, -0.15) is 0 Å². The molecule has 0 heterocycles. The molecule has 0 bridgehead atoms. The molecule has 122 valence electrons. The van der Waals surface area contributed by atoms with Crippen molar-refractivity contribution in [2.45, 2.75) is 60.3 Å². The Morgan fingerprint density at radius 1 is 1.24 bits per heavy atom. The lowest BCUT2D eigenvalue weighted by Crippen LogP contribution is -2.45. The Morgan fingerprint density at radius 2 is 1.86 bits per heavy atom. The molecule has 1 N–H and O–H groups in total. The number of esters is 1. The van der Waals surface area contributed by atoms with Gasteiger partial charge in [0.25, 0.3) is 0 Å². The SMILES string of the molecule is CCOC(=O)C(C(=O)NCC1CCCCC1C)C(C)(C)C. The van der Waals surface area contributed by atoms with Crippen LogP contribution in [0.5, 0.6) is 0 Å². The number of hydrogen-bond donors (Lipinski definition) is 1. The zero-order valence-electron chi connectivity index (χ0n) is 14.2. The van der Waals surface area contributed by atoms with Crippen molar-refractivity contribution in [1.82, 2.24) is 5.32 Å². The topological polar surface area (TPSA) is 55.4 Å². The molecule has 1 amide bonds. The van der Waals surface area contributed by atoms with E-state index in [4.69, 9.17) is 4.74 Å². The van der Waals surface area contributed by atoms with Crippen molar-refractivity contribution < 1.29 is 14.3 Å². The maximum absolute atomic E-state index is 12.4. The van der Waals surface area contributed by atoms with E-state index >= 15 is 0 Å². The third-order valence-corrected chi connectivity index (χ3v) is 4.48. The maximum Gasteiger partial charge on any atom is 0.319 e. The van der Waals surface area contributed by atoms with Gasteiger partial charge in [0.05, 0.1) is 6.61 Å². The molecule has 0 spiro atoms. The van der Waals surface area contributed by atoms with Gasteiger partial charge in [-0.25, -0.2) is 0 Å². The smallest absolute Gasteiger partial charge is 0.319 e. The highest BCUT2D eigenvalue weighted by atomic mass is 16.5. The second-order valence-electron chi connectivity index (χ2n) is 7.32. The molecular weight excluding hydrogens is 266 g/mol. The molecule has 4 nitrogen and oxygen atoms in total. The van der Waals surface area contributed by atoms with Gasteiger partial charge in [0.15, 0.2) is 0 Å². The third kappa shape index (κ3) is 5.33. The Balaban J connectivity index is 2.62. The van der Waals surface area contributed by atoms with Gasteiger partial charge in [-0.1, -0.05) is 47.0 Å². The van der Waals surface area contributed by atoms with Gasteiger partial charge < -0.3 is 10.1 Å². The van der Waals surface area contributed by atoms with Crippen LogP contribution < -0.4 is 5.32 Å². The Morgan fingerprint density at radius 3 is 2.38 bits per heavy atom. The summed E-state index contributed by atoms with van der Waals surface area (Å²) in [6, 6.07) is 0. The van der Waals surface area contributed by atoms with Crippen LogP contribution in [0.15, 0.2) is 0 Å². The number of amides is 1. The van der Waals surface area contributed by atoms with Crippen LogP contribution in [0.3, 0.4) is 0 Å². The highest BCUT2D eigenvalue weighted by molar-refractivity contribution is 5.98. The van der Waals surface area contributed by atoms with Crippen LogP contribution in [0.4, 0.5) is 0 Å². The second kappa shape index (κ2) is 7.81. The molecule has 21 heavy (non-hydrogen) atoms. The van der Waals surface area contributed by atoms with Gasteiger partial charge in [0, 0.05) is 6.54 Å². The largest absolute Gasteiger partial charge is 0.465 e. The molecule has 0 aromatic carbocycles. The number of ether oxygens (including phenoxy) is 1. The minimum Gasteiger partial charge on any atom is -0.465 e. The van der Waals surface area contributed by atoms with E-state index in [2.05, 4.69) is 12.2 Å². The molecule has 1 rings (SSSR count). The van der Waals surface area contributed by atoms with Crippen molar-refractivity contribution in [3.63, 3.8) is 0 Å². The molecule has 1 fully saturated rings. The minimum atomic E-state index is -0.739. The first kappa shape index (κ1) is 18.0. The molecule has 3 unspecified atom stereocenters. The van der Waals surface area contributed by atoms with Crippen LogP contribution in [0, 0.1) is 23.2 Å². The van der Waals surface area contributed by atoms with Gasteiger partial charge in [0.2, 0.25) is 5.91 Å². The lowest BCUT2D eigenvalue weighted by atomic mass is 9.78. The van der Waals surface area contributed by atoms with Crippen molar-refractivity contribution in [3.8, 4) is 0 Å². The van der Waals surface area contributed by atoms with E-state index in [1.165, 1.54) is 25.7 Å². The van der Waals surface area contributed by atoms with Gasteiger partial charge in [-0.3, -0.25) is 9.59 Å². The summed E-state index contributed by atoms with van der Waals surface area (Å²) in [7, 11) is 0. The molecule has 0 radical (unpaired) electrons. The standard InChI is InChI=1S/C17H31NO3/c1-6-21-16(20)14(17(3,4)5)15(19)18-11-13-10-8-7-9-12(13)2/h12-14H,6-11H2,1-5H3,(H,18,19). The summed E-state index contributed by atoms with van der Waals surface area (Å²) in [6.07, 6.45) is 4.94. The molecule has 1 saturated carbocycles. The van der Waals surface area contributed by atoms with E-state index in [0.717, 1.165) is 0 Å². The van der Waals surface area contributed by atoms with Crippen molar-refractivity contribution in [1.29, 1.82) is 0 Å². The average molecular weight is 297 g/mol. The van der Waals surface area contributed by atoms with Crippen LogP contribution >= 0.6 is 0 Å². The van der Waals surface area contributed by atoms with Gasteiger partial charge >= 0.3 is 5.97 Å². The Hall–Kier alpha value is -1.06. The number of carbonyl (C=O) groups excluding carboxylic acids is 2. The summed E-state index contributed by atoms with van der Waals surface area (Å²) in [6.45, 7) is 10.7. The van der Waals surface area contributed by atoms with E-state index in [1.807, 2.05) is 20.8 Å². The molecule has 0 aromatic heterocycles. The van der Waals surface area contributed by atoms with Crippen LogP contribution in [-0.4, -0.2) is 25.0 Å². The molecule has 1 aliphatic carbocycles. The monoisotopic (exact) mass is 297 g/mol. The molecular formula is C17H31NO3. The second-order valence-corrected chi connectivity index (χ2v) is 7.32. The molecule has 0 saturated heterocycles. The fourth-order valence-electron chi connectivity index (χ4n) is 3.11. The number of hydrogen-bond acceptors (Lipinski definition) is 3. The summed E-state index contributed by atoms with van der Waals surface area (Å²) < 4.78 is 5.06. The average Bonchev–Trinajstić information content (AvgIpc) is 2.36. The summed E-state index contributed by atoms with van der Waals surface area (Å²) in [5.74, 6) is -0.172. The Labute approximate surface area is 129 Å². The molecule has 1 aliphatic rings. The van der Waals surface area contributed by atoms with E-state index in [-0.39, 0.29) is 5.91 Å². The highest BCUT2D eigenvalue weighted by Crippen LogP contribution is 2.30. The summed E-state index contributed by atoms with van der Waals surface area (Å²) in [4.78, 5) is 24.5. The van der Waals surface area contributed by atoms with Crippen LogP contribution in [0.25, 0.3) is 0 Å². The zero-order valence-corrected chi connectivity index (χ0v) is 14.2. The van der Waals surface area contributed by atoms with Gasteiger partial charge in [-0.05, 0) is 30.6 Å². The van der Waals surface area contributed by atoms with E-state index in [0.29, 0.717) is 25.0 Å². The molecule has 3 atom stereocenters. The predicted octanol–water partition coefficient (Wildman–Crippen LogP) is 3.15. The fraction of sp³-hybridized carbons (Fsp3) is 0.882.